The van der Waals surface area contributed by atoms with E-state index in [1.807, 2.05) is 6.92 Å². The van der Waals surface area contributed by atoms with Crippen LogP contribution in [0.2, 0.25) is 0 Å². The summed E-state index contributed by atoms with van der Waals surface area (Å²) in [4.78, 5) is 4.40. The van der Waals surface area contributed by atoms with Gasteiger partial charge in [-0.3, -0.25) is 0 Å². The van der Waals surface area contributed by atoms with Gasteiger partial charge in [0.15, 0.2) is 0 Å². The van der Waals surface area contributed by atoms with Gasteiger partial charge in [0.1, 0.15) is 5.82 Å². The minimum absolute atomic E-state index is 0.175. The van der Waals surface area contributed by atoms with E-state index < -0.39 is 5.41 Å². The summed E-state index contributed by atoms with van der Waals surface area (Å²) >= 11 is 0. The van der Waals surface area contributed by atoms with Gasteiger partial charge >= 0.3 is 0 Å². The van der Waals surface area contributed by atoms with Crippen LogP contribution in [0.25, 0.3) is 11.4 Å². The number of rotatable bonds is 2. The molecule has 1 fully saturated rings. The zero-order valence-corrected chi connectivity index (χ0v) is 11.4. The standard InChI is InChI=1S/C14H16FN3O2/c1-8-5-9(3-4-10(8)15)12-17-13(20-18-12)14(2)7-19-6-11(14)16/h3-5,11H,6-7,16H2,1-2H3. The molecular formula is C14H16FN3O2. The van der Waals surface area contributed by atoms with E-state index in [0.29, 0.717) is 30.5 Å². The summed E-state index contributed by atoms with van der Waals surface area (Å²) in [5.41, 5.74) is 6.82. The molecule has 1 saturated heterocycles. The van der Waals surface area contributed by atoms with Crippen molar-refractivity contribution in [2.75, 3.05) is 13.2 Å². The molecule has 2 unspecified atom stereocenters. The molecule has 0 bridgehead atoms. The van der Waals surface area contributed by atoms with Crippen LogP contribution in [0.5, 0.6) is 0 Å². The summed E-state index contributed by atoms with van der Waals surface area (Å²) in [7, 11) is 0. The van der Waals surface area contributed by atoms with Gasteiger partial charge in [-0.2, -0.15) is 4.98 Å². The van der Waals surface area contributed by atoms with Crippen LogP contribution in [-0.4, -0.2) is 29.4 Å². The van der Waals surface area contributed by atoms with Crippen molar-refractivity contribution in [2.24, 2.45) is 5.73 Å². The third-order valence-corrected chi connectivity index (χ3v) is 3.85. The number of ether oxygens (including phenoxy) is 1. The molecule has 1 aromatic carbocycles. The van der Waals surface area contributed by atoms with Crippen LogP contribution in [0.4, 0.5) is 4.39 Å². The number of aromatic nitrogens is 2. The molecule has 0 saturated carbocycles. The molecule has 0 spiro atoms. The van der Waals surface area contributed by atoms with Gasteiger partial charge < -0.3 is 15.0 Å². The highest BCUT2D eigenvalue weighted by Gasteiger charge is 2.44. The Morgan fingerprint density at radius 2 is 2.25 bits per heavy atom. The van der Waals surface area contributed by atoms with Gasteiger partial charge in [-0.15, -0.1) is 0 Å². The van der Waals surface area contributed by atoms with Crippen LogP contribution in [0.15, 0.2) is 22.7 Å². The first-order valence-electron chi connectivity index (χ1n) is 6.45. The lowest BCUT2D eigenvalue weighted by Gasteiger charge is -2.21. The van der Waals surface area contributed by atoms with E-state index in [4.69, 9.17) is 15.0 Å². The molecule has 2 aromatic rings. The second-order valence-corrected chi connectivity index (χ2v) is 5.43. The Bertz CT molecular complexity index is 643. The highest BCUT2D eigenvalue weighted by Crippen LogP contribution is 2.32. The molecule has 1 aliphatic heterocycles. The van der Waals surface area contributed by atoms with E-state index in [-0.39, 0.29) is 11.9 Å². The van der Waals surface area contributed by atoms with E-state index in [2.05, 4.69) is 10.1 Å². The zero-order valence-electron chi connectivity index (χ0n) is 11.4. The first kappa shape index (κ1) is 13.2. The number of nitrogens with two attached hydrogens (primary N) is 1. The molecule has 6 heteroatoms. The van der Waals surface area contributed by atoms with Gasteiger partial charge in [0.2, 0.25) is 11.7 Å². The molecule has 0 amide bonds. The van der Waals surface area contributed by atoms with Gasteiger partial charge in [0, 0.05) is 11.6 Å². The van der Waals surface area contributed by atoms with Crippen molar-refractivity contribution in [1.29, 1.82) is 0 Å². The molecule has 0 radical (unpaired) electrons. The average molecular weight is 277 g/mol. The Balaban J connectivity index is 1.96. The van der Waals surface area contributed by atoms with Crippen molar-refractivity contribution >= 4 is 0 Å². The second-order valence-electron chi connectivity index (χ2n) is 5.43. The van der Waals surface area contributed by atoms with E-state index in [9.17, 15) is 4.39 Å². The fourth-order valence-electron chi connectivity index (χ4n) is 2.27. The SMILES string of the molecule is Cc1cc(-c2noc(C3(C)COCC3N)n2)ccc1F. The second kappa shape index (κ2) is 4.64. The van der Waals surface area contributed by atoms with Crippen LogP contribution in [0.1, 0.15) is 18.4 Å². The Morgan fingerprint density at radius 3 is 2.90 bits per heavy atom. The molecule has 3 rings (SSSR count). The Kier molecular flexibility index (Phi) is 3.07. The van der Waals surface area contributed by atoms with Crippen LogP contribution < -0.4 is 5.73 Å². The molecule has 5 nitrogen and oxygen atoms in total. The number of benzene rings is 1. The molecule has 0 aliphatic carbocycles. The summed E-state index contributed by atoms with van der Waals surface area (Å²) in [6.07, 6.45) is 0. The lowest BCUT2D eigenvalue weighted by atomic mass is 9.86. The molecule has 2 N–H and O–H groups in total. The maximum Gasteiger partial charge on any atom is 0.236 e. The highest BCUT2D eigenvalue weighted by molar-refractivity contribution is 5.55. The van der Waals surface area contributed by atoms with E-state index in [1.165, 1.54) is 6.07 Å². The zero-order chi connectivity index (χ0) is 14.3. The molecule has 2 heterocycles. The predicted molar refractivity (Wildman–Crippen MR) is 70.6 cm³/mol. The van der Waals surface area contributed by atoms with Crippen LogP contribution >= 0.6 is 0 Å². The Morgan fingerprint density at radius 1 is 1.45 bits per heavy atom. The quantitative estimate of drug-likeness (QED) is 0.906. The smallest absolute Gasteiger partial charge is 0.236 e. The third-order valence-electron chi connectivity index (χ3n) is 3.85. The van der Waals surface area contributed by atoms with Crippen LogP contribution in [0.3, 0.4) is 0 Å². The van der Waals surface area contributed by atoms with E-state index in [0.717, 1.165) is 5.56 Å². The highest BCUT2D eigenvalue weighted by atomic mass is 19.1. The van der Waals surface area contributed by atoms with E-state index >= 15 is 0 Å². The molecule has 1 aromatic heterocycles. The maximum atomic E-state index is 13.3. The minimum atomic E-state index is -0.472. The summed E-state index contributed by atoms with van der Waals surface area (Å²) in [6.45, 7) is 4.57. The summed E-state index contributed by atoms with van der Waals surface area (Å²) in [6, 6.07) is 4.54. The number of nitrogens with zero attached hydrogens (tertiary/aromatic N) is 2. The molecule has 106 valence electrons. The summed E-state index contributed by atoms with van der Waals surface area (Å²) < 4.78 is 24.0. The number of aryl methyl sites for hydroxylation is 1. The normalized spacial score (nSPS) is 26.1. The molecule has 1 aliphatic rings. The van der Waals surface area contributed by atoms with Crippen molar-refractivity contribution in [3.05, 3.63) is 35.5 Å². The van der Waals surface area contributed by atoms with Crippen molar-refractivity contribution < 1.29 is 13.7 Å². The van der Waals surface area contributed by atoms with Crippen LogP contribution in [0, 0.1) is 12.7 Å². The van der Waals surface area contributed by atoms with Crippen molar-refractivity contribution in [3.63, 3.8) is 0 Å². The largest absolute Gasteiger partial charge is 0.379 e. The maximum absolute atomic E-state index is 13.3. The Hall–Kier alpha value is -1.79. The van der Waals surface area contributed by atoms with Crippen molar-refractivity contribution in [1.82, 2.24) is 10.1 Å². The van der Waals surface area contributed by atoms with Crippen molar-refractivity contribution in [3.8, 4) is 11.4 Å². The van der Waals surface area contributed by atoms with E-state index in [1.54, 1.807) is 19.1 Å². The van der Waals surface area contributed by atoms with Gasteiger partial charge in [0.25, 0.3) is 0 Å². The first-order valence-corrected chi connectivity index (χ1v) is 6.45. The summed E-state index contributed by atoms with van der Waals surface area (Å²) in [5, 5.41) is 3.96. The monoisotopic (exact) mass is 277 g/mol. The topological polar surface area (TPSA) is 74.2 Å². The first-order chi connectivity index (χ1) is 9.50. The fourth-order valence-corrected chi connectivity index (χ4v) is 2.27. The lowest BCUT2D eigenvalue weighted by Crippen LogP contribution is -2.42. The number of hydrogen-bond donors (Lipinski definition) is 1. The molecule has 2 atom stereocenters. The predicted octanol–water partition coefficient (Wildman–Crippen LogP) is 1.80. The minimum Gasteiger partial charge on any atom is -0.379 e. The van der Waals surface area contributed by atoms with Crippen LogP contribution in [-0.2, 0) is 10.2 Å². The lowest BCUT2D eigenvalue weighted by molar-refractivity contribution is 0.169. The average Bonchev–Trinajstić information content (AvgIpc) is 3.02. The number of halogens is 1. The van der Waals surface area contributed by atoms with Gasteiger partial charge in [-0.05, 0) is 37.6 Å². The molecular weight excluding hydrogens is 261 g/mol. The summed E-state index contributed by atoms with van der Waals surface area (Å²) in [5.74, 6) is 0.638. The fraction of sp³-hybridized carbons (Fsp3) is 0.429. The number of hydrogen-bond acceptors (Lipinski definition) is 5. The third kappa shape index (κ3) is 2.01. The van der Waals surface area contributed by atoms with Gasteiger partial charge in [-0.1, -0.05) is 5.16 Å². The van der Waals surface area contributed by atoms with Crippen molar-refractivity contribution in [2.45, 2.75) is 25.3 Å². The van der Waals surface area contributed by atoms with Gasteiger partial charge in [-0.25, -0.2) is 4.39 Å². The Labute approximate surface area is 115 Å². The van der Waals surface area contributed by atoms with Gasteiger partial charge in [0.05, 0.1) is 18.6 Å². The molecule has 20 heavy (non-hydrogen) atoms.